The molecular formula is C14H18N2OS. The maximum atomic E-state index is 12.3. The summed E-state index contributed by atoms with van der Waals surface area (Å²) < 4.78 is 0. The Morgan fingerprint density at radius 1 is 1.39 bits per heavy atom. The van der Waals surface area contributed by atoms with E-state index in [4.69, 9.17) is 0 Å². The number of hydrogen-bond acceptors (Lipinski definition) is 3. The van der Waals surface area contributed by atoms with Crippen molar-refractivity contribution in [1.29, 1.82) is 0 Å². The van der Waals surface area contributed by atoms with E-state index in [1.807, 2.05) is 23.9 Å². The van der Waals surface area contributed by atoms with Gasteiger partial charge in [-0.3, -0.25) is 4.79 Å². The summed E-state index contributed by atoms with van der Waals surface area (Å²) >= 11 is 1.86. The zero-order chi connectivity index (χ0) is 12.4. The van der Waals surface area contributed by atoms with Crippen LogP contribution < -0.4 is 10.6 Å². The number of carbonyl (C=O) groups is 1. The summed E-state index contributed by atoms with van der Waals surface area (Å²) in [5.74, 6) is 1.92. The monoisotopic (exact) mass is 262 g/mol. The molecule has 0 radical (unpaired) electrons. The minimum atomic E-state index is 0.0514. The Hall–Kier alpha value is -1.00. The van der Waals surface area contributed by atoms with Crippen LogP contribution in [0.5, 0.6) is 0 Å². The fourth-order valence-corrected chi connectivity index (χ4v) is 3.60. The quantitative estimate of drug-likeness (QED) is 0.869. The topological polar surface area (TPSA) is 41.1 Å². The largest absolute Gasteiger partial charge is 0.355 e. The van der Waals surface area contributed by atoms with Gasteiger partial charge >= 0.3 is 0 Å². The summed E-state index contributed by atoms with van der Waals surface area (Å²) in [6, 6.07) is 8.29. The minimum absolute atomic E-state index is 0.0514. The molecule has 4 heteroatoms. The van der Waals surface area contributed by atoms with Gasteiger partial charge in [0.1, 0.15) is 0 Å². The molecule has 0 bridgehead atoms. The van der Waals surface area contributed by atoms with Crippen LogP contribution >= 0.6 is 11.8 Å². The summed E-state index contributed by atoms with van der Waals surface area (Å²) in [5, 5.41) is 6.33. The van der Waals surface area contributed by atoms with Gasteiger partial charge in [0.25, 0.3) is 0 Å². The van der Waals surface area contributed by atoms with Crippen molar-refractivity contribution in [2.75, 3.05) is 25.4 Å². The number of carbonyl (C=O) groups excluding carboxylic acids is 1. The predicted octanol–water partition coefficient (Wildman–Crippen LogP) is 1.60. The van der Waals surface area contributed by atoms with Crippen molar-refractivity contribution < 1.29 is 4.79 Å². The number of rotatable bonds is 3. The lowest BCUT2D eigenvalue weighted by molar-refractivity contribution is -0.123. The standard InChI is InChI=1S/C14H18N2OS/c17-14(16-9-10-7-15-8-10)12-5-6-18-13-4-2-1-3-11(12)13/h1-4,10,12,15H,5-9H2,(H,16,17). The fraction of sp³-hybridized carbons (Fsp3) is 0.500. The number of fused-ring (bicyclic) bond motifs is 1. The van der Waals surface area contributed by atoms with Gasteiger partial charge in [0.05, 0.1) is 5.92 Å². The van der Waals surface area contributed by atoms with E-state index in [2.05, 4.69) is 22.8 Å². The third-order valence-corrected chi connectivity index (χ3v) is 4.83. The lowest BCUT2D eigenvalue weighted by atomic mass is 9.94. The highest BCUT2D eigenvalue weighted by atomic mass is 32.2. The number of hydrogen-bond donors (Lipinski definition) is 2. The predicted molar refractivity (Wildman–Crippen MR) is 73.9 cm³/mol. The highest BCUT2D eigenvalue weighted by Gasteiger charge is 2.27. The average Bonchev–Trinajstić information content (AvgIpc) is 2.36. The zero-order valence-corrected chi connectivity index (χ0v) is 11.1. The lowest BCUT2D eigenvalue weighted by Gasteiger charge is -2.29. The van der Waals surface area contributed by atoms with Crippen LogP contribution in [-0.2, 0) is 4.79 Å². The molecule has 1 aromatic rings. The summed E-state index contributed by atoms with van der Waals surface area (Å²) in [6.45, 7) is 2.90. The van der Waals surface area contributed by atoms with Gasteiger partial charge in [-0.25, -0.2) is 0 Å². The molecule has 0 aliphatic carbocycles. The molecule has 0 spiro atoms. The van der Waals surface area contributed by atoms with Gasteiger partial charge in [-0.2, -0.15) is 0 Å². The van der Waals surface area contributed by atoms with Crippen LogP contribution in [0.4, 0.5) is 0 Å². The first-order valence-corrected chi connectivity index (χ1v) is 7.53. The molecule has 18 heavy (non-hydrogen) atoms. The lowest BCUT2D eigenvalue weighted by Crippen LogP contribution is -2.48. The van der Waals surface area contributed by atoms with Crippen molar-refractivity contribution in [2.24, 2.45) is 5.92 Å². The fourth-order valence-electron chi connectivity index (χ4n) is 2.48. The van der Waals surface area contributed by atoms with Crippen LogP contribution in [0.1, 0.15) is 17.9 Å². The summed E-state index contributed by atoms with van der Waals surface area (Å²) in [7, 11) is 0. The Labute approximate surface area is 112 Å². The Bertz CT molecular complexity index is 445. The molecule has 0 saturated carbocycles. The van der Waals surface area contributed by atoms with E-state index >= 15 is 0 Å². The normalized spacial score (nSPS) is 23.0. The molecule has 1 aromatic carbocycles. The molecule has 1 unspecified atom stereocenters. The third-order valence-electron chi connectivity index (χ3n) is 3.71. The first-order chi connectivity index (χ1) is 8.84. The van der Waals surface area contributed by atoms with E-state index in [-0.39, 0.29) is 11.8 Å². The first kappa shape index (κ1) is 12.1. The Balaban J connectivity index is 1.66. The van der Waals surface area contributed by atoms with Crippen molar-refractivity contribution >= 4 is 17.7 Å². The van der Waals surface area contributed by atoms with Crippen molar-refractivity contribution in [3.8, 4) is 0 Å². The zero-order valence-electron chi connectivity index (χ0n) is 10.3. The van der Waals surface area contributed by atoms with Gasteiger partial charge in [0.2, 0.25) is 5.91 Å². The molecule has 2 aliphatic heterocycles. The smallest absolute Gasteiger partial charge is 0.227 e. The number of amides is 1. The van der Waals surface area contributed by atoms with Gasteiger partial charge in [-0.05, 0) is 23.8 Å². The van der Waals surface area contributed by atoms with Crippen LogP contribution in [0, 0.1) is 5.92 Å². The Morgan fingerprint density at radius 2 is 2.22 bits per heavy atom. The second-order valence-corrected chi connectivity index (χ2v) is 6.13. The van der Waals surface area contributed by atoms with E-state index in [1.54, 1.807) is 0 Å². The molecule has 3 nitrogen and oxygen atoms in total. The highest BCUT2D eigenvalue weighted by molar-refractivity contribution is 7.99. The first-order valence-electron chi connectivity index (χ1n) is 6.55. The van der Waals surface area contributed by atoms with E-state index in [9.17, 15) is 4.79 Å². The van der Waals surface area contributed by atoms with E-state index < -0.39 is 0 Å². The molecule has 1 fully saturated rings. The van der Waals surface area contributed by atoms with Crippen molar-refractivity contribution in [2.45, 2.75) is 17.2 Å². The molecule has 2 aliphatic rings. The Morgan fingerprint density at radius 3 is 3.00 bits per heavy atom. The summed E-state index contributed by atoms with van der Waals surface area (Å²) in [5.41, 5.74) is 1.21. The second-order valence-electron chi connectivity index (χ2n) is 5.00. The SMILES string of the molecule is O=C(NCC1CNC1)C1CCSc2ccccc21. The van der Waals surface area contributed by atoms with Crippen LogP contribution in [0.3, 0.4) is 0 Å². The number of thioether (sulfide) groups is 1. The molecular weight excluding hydrogens is 244 g/mol. The van der Waals surface area contributed by atoms with Gasteiger partial charge in [0.15, 0.2) is 0 Å². The number of nitrogens with one attached hydrogen (secondary N) is 2. The van der Waals surface area contributed by atoms with Crippen molar-refractivity contribution in [3.63, 3.8) is 0 Å². The van der Waals surface area contributed by atoms with Gasteiger partial charge in [-0.1, -0.05) is 18.2 Å². The second kappa shape index (κ2) is 5.33. The molecule has 2 N–H and O–H groups in total. The van der Waals surface area contributed by atoms with E-state index in [0.717, 1.165) is 31.8 Å². The van der Waals surface area contributed by atoms with E-state index in [1.165, 1.54) is 10.5 Å². The van der Waals surface area contributed by atoms with Crippen LogP contribution in [0.25, 0.3) is 0 Å². The van der Waals surface area contributed by atoms with Crippen LogP contribution in [0.15, 0.2) is 29.2 Å². The molecule has 96 valence electrons. The highest BCUT2D eigenvalue weighted by Crippen LogP contribution is 2.37. The van der Waals surface area contributed by atoms with Gasteiger partial charge in [-0.15, -0.1) is 11.8 Å². The third kappa shape index (κ3) is 2.40. The average molecular weight is 262 g/mol. The minimum Gasteiger partial charge on any atom is -0.355 e. The van der Waals surface area contributed by atoms with E-state index in [0.29, 0.717) is 5.92 Å². The molecule has 2 heterocycles. The van der Waals surface area contributed by atoms with Gasteiger partial charge in [0, 0.05) is 30.4 Å². The maximum Gasteiger partial charge on any atom is 0.227 e. The summed E-state index contributed by atoms with van der Waals surface area (Å²) in [6.07, 6.45) is 0.955. The molecule has 1 atom stereocenters. The molecule has 0 aromatic heterocycles. The van der Waals surface area contributed by atoms with Crippen molar-refractivity contribution in [1.82, 2.24) is 10.6 Å². The summed E-state index contributed by atoms with van der Waals surface area (Å²) in [4.78, 5) is 13.5. The Kier molecular flexibility index (Phi) is 3.57. The number of benzene rings is 1. The van der Waals surface area contributed by atoms with Crippen molar-refractivity contribution in [3.05, 3.63) is 29.8 Å². The van der Waals surface area contributed by atoms with Crippen LogP contribution in [-0.4, -0.2) is 31.3 Å². The molecule has 1 amide bonds. The maximum absolute atomic E-state index is 12.3. The van der Waals surface area contributed by atoms with Gasteiger partial charge < -0.3 is 10.6 Å². The molecule has 1 saturated heterocycles. The molecule has 3 rings (SSSR count). The van der Waals surface area contributed by atoms with Crippen LogP contribution in [0.2, 0.25) is 0 Å².